The molecule has 0 bridgehead atoms. The number of guanidine groups is 1. The highest BCUT2D eigenvalue weighted by Gasteiger charge is 2.36. The van der Waals surface area contributed by atoms with Gasteiger partial charge in [0.05, 0.1) is 18.1 Å². The number of amides is 1. The third kappa shape index (κ3) is 2.99. The molecule has 2 aliphatic rings. The van der Waals surface area contributed by atoms with Crippen LogP contribution in [0.4, 0.5) is 0 Å². The number of ether oxygens (including phenoxy) is 1. The fourth-order valence-corrected chi connectivity index (χ4v) is 3.12. The standard InChI is InChI=1S/C19H23N3O2/c1-19(12-17(23)22(2)18(20)21-19)15-8-4-6-13(10-15)14-7-5-9-16(11-14)24-3/h4-8,10-11,16H,9,12H2,1-3H3,(H2,20,21)/t16?,19-/m0/s1. The number of carbonyl (C=O) groups is 1. The van der Waals surface area contributed by atoms with E-state index < -0.39 is 5.54 Å². The molecule has 1 aliphatic carbocycles. The van der Waals surface area contributed by atoms with Gasteiger partial charge >= 0.3 is 0 Å². The maximum Gasteiger partial charge on any atom is 0.231 e. The zero-order valence-corrected chi connectivity index (χ0v) is 14.3. The zero-order valence-electron chi connectivity index (χ0n) is 14.3. The number of allylic oxidation sites excluding steroid dienone is 2. The van der Waals surface area contributed by atoms with Crippen molar-refractivity contribution in [3.8, 4) is 0 Å². The summed E-state index contributed by atoms with van der Waals surface area (Å²) in [6.07, 6.45) is 7.64. The lowest BCUT2D eigenvalue weighted by Crippen LogP contribution is -2.47. The maximum atomic E-state index is 12.2. The molecule has 1 heterocycles. The summed E-state index contributed by atoms with van der Waals surface area (Å²) in [5.74, 6) is 0.238. The molecule has 0 aromatic heterocycles. The van der Waals surface area contributed by atoms with Crippen molar-refractivity contribution in [2.24, 2.45) is 10.7 Å². The third-order valence-electron chi connectivity index (χ3n) is 4.73. The van der Waals surface area contributed by atoms with Crippen LogP contribution in [0, 0.1) is 0 Å². The quantitative estimate of drug-likeness (QED) is 0.928. The van der Waals surface area contributed by atoms with Crippen molar-refractivity contribution in [2.45, 2.75) is 31.4 Å². The van der Waals surface area contributed by atoms with Crippen LogP contribution in [0.5, 0.6) is 0 Å². The Morgan fingerprint density at radius 1 is 1.42 bits per heavy atom. The van der Waals surface area contributed by atoms with Gasteiger partial charge in [-0.25, -0.2) is 4.99 Å². The first-order valence-corrected chi connectivity index (χ1v) is 8.07. The molecule has 5 heteroatoms. The Morgan fingerprint density at radius 2 is 2.21 bits per heavy atom. The van der Waals surface area contributed by atoms with E-state index in [1.807, 2.05) is 19.1 Å². The normalized spacial score (nSPS) is 27.0. The molecule has 2 N–H and O–H groups in total. The minimum absolute atomic E-state index is 0.0216. The highest BCUT2D eigenvalue weighted by molar-refractivity contribution is 5.98. The average molecular weight is 325 g/mol. The molecule has 1 aromatic rings. The van der Waals surface area contributed by atoms with Crippen LogP contribution in [-0.2, 0) is 15.1 Å². The highest BCUT2D eigenvalue weighted by Crippen LogP contribution is 2.34. The molecule has 126 valence electrons. The highest BCUT2D eigenvalue weighted by atomic mass is 16.5. The van der Waals surface area contributed by atoms with E-state index in [-0.39, 0.29) is 18.0 Å². The molecule has 0 radical (unpaired) electrons. The summed E-state index contributed by atoms with van der Waals surface area (Å²) in [7, 11) is 3.37. The number of hydrogen-bond donors (Lipinski definition) is 1. The molecular formula is C19H23N3O2. The summed E-state index contributed by atoms with van der Waals surface area (Å²) in [5, 5.41) is 0. The van der Waals surface area contributed by atoms with Crippen molar-refractivity contribution in [3.05, 3.63) is 53.6 Å². The van der Waals surface area contributed by atoms with Crippen molar-refractivity contribution in [1.29, 1.82) is 0 Å². The molecule has 1 unspecified atom stereocenters. The fourth-order valence-electron chi connectivity index (χ4n) is 3.12. The Labute approximate surface area is 142 Å². The van der Waals surface area contributed by atoms with Gasteiger partial charge in [0.15, 0.2) is 5.96 Å². The van der Waals surface area contributed by atoms with E-state index in [1.165, 1.54) is 4.90 Å². The van der Waals surface area contributed by atoms with E-state index in [2.05, 4.69) is 35.4 Å². The molecule has 24 heavy (non-hydrogen) atoms. The number of methoxy groups -OCH3 is 1. The molecular weight excluding hydrogens is 302 g/mol. The first-order chi connectivity index (χ1) is 11.4. The lowest BCUT2D eigenvalue weighted by Gasteiger charge is -2.33. The monoisotopic (exact) mass is 325 g/mol. The Kier molecular flexibility index (Phi) is 4.28. The van der Waals surface area contributed by atoms with Crippen LogP contribution in [0.3, 0.4) is 0 Å². The van der Waals surface area contributed by atoms with Gasteiger partial charge in [0.1, 0.15) is 0 Å². The lowest BCUT2D eigenvalue weighted by molar-refractivity contribution is -0.128. The van der Waals surface area contributed by atoms with Crippen LogP contribution >= 0.6 is 0 Å². The molecule has 0 fully saturated rings. The second-order valence-corrected chi connectivity index (χ2v) is 6.49. The number of rotatable bonds is 3. The maximum absolute atomic E-state index is 12.2. The van der Waals surface area contributed by atoms with Gasteiger partial charge in [0.2, 0.25) is 5.91 Å². The van der Waals surface area contributed by atoms with Crippen LogP contribution in [0.25, 0.3) is 5.57 Å². The SMILES string of the molecule is COC1C=C(c2cccc([C@]3(C)CC(=O)N(C)C(N)=N3)c2)C=CC1. The predicted octanol–water partition coefficient (Wildman–Crippen LogP) is 2.44. The van der Waals surface area contributed by atoms with Crippen molar-refractivity contribution >= 4 is 17.4 Å². The Hall–Kier alpha value is -2.40. The summed E-state index contributed by atoms with van der Waals surface area (Å²) >= 11 is 0. The van der Waals surface area contributed by atoms with Gasteiger partial charge in [-0.3, -0.25) is 9.69 Å². The summed E-state index contributed by atoms with van der Waals surface area (Å²) in [4.78, 5) is 18.2. The van der Waals surface area contributed by atoms with Gasteiger partial charge in [0, 0.05) is 14.2 Å². The molecule has 3 rings (SSSR count). The predicted molar refractivity (Wildman–Crippen MR) is 95.3 cm³/mol. The van der Waals surface area contributed by atoms with Crippen LogP contribution in [0.1, 0.15) is 30.9 Å². The minimum Gasteiger partial charge on any atom is -0.377 e. The van der Waals surface area contributed by atoms with Crippen molar-refractivity contribution < 1.29 is 9.53 Å². The van der Waals surface area contributed by atoms with Gasteiger partial charge in [-0.15, -0.1) is 0 Å². The van der Waals surface area contributed by atoms with E-state index >= 15 is 0 Å². The Morgan fingerprint density at radius 3 is 2.92 bits per heavy atom. The first kappa shape index (κ1) is 16.5. The second-order valence-electron chi connectivity index (χ2n) is 6.49. The molecule has 0 saturated carbocycles. The molecule has 0 spiro atoms. The Balaban J connectivity index is 1.98. The minimum atomic E-state index is -0.636. The van der Waals surface area contributed by atoms with Crippen molar-refractivity contribution in [1.82, 2.24) is 4.90 Å². The van der Waals surface area contributed by atoms with E-state index in [9.17, 15) is 4.79 Å². The lowest BCUT2D eigenvalue weighted by atomic mass is 9.85. The third-order valence-corrected chi connectivity index (χ3v) is 4.73. The molecule has 2 atom stereocenters. The van der Waals surface area contributed by atoms with E-state index in [1.54, 1.807) is 14.2 Å². The van der Waals surface area contributed by atoms with Crippen LogP contribution in [0.15, 0.2) is 47.5 Å². The number of carbonyl (C=O) groups excluding carboxylic acids is 1. The van der Waals surface area contributed by atoms with Gasteiger partial charge in [-0.2, -0.15) is 0 Å². The molecule has 1 aromatic carbocycles. The molecule has 0 saturated heterocycles. The van der Waals surface area contributed by atoms with Gasteiger partial charge in [-0.1, -0.05) is 30.4 Å². The van der Waals surface area contributed by atoms with E-state index in [4.69, 9.17) is 10.5 Å². The number of nitrogens with two attached hydrogens (primary N) is 1. The first-order valence-electron chi connectivity index (χ1n) is 8.07. The number of nitrogens with zero attached hydrogens (tertiary/aromatic N) is 2. The van der Waals surface area contributed by atoms with Crippen LogP contribution in [0.2, 0.25) is 0 Å². The number of hydrogen-bond acceptors (Lipinski definition) is 4. The van der Waals surface area contributed by atoms with Crippen LogP contribution in [-0.4, -0.2) is 37.0 Å². The van der Waals surface area contributed by atoms with Crippen molar-refractivity contribution in [2.75, 3.05) is 14.2 Å². The van der Waals surface area contributed by atoms with Gasteiger partial charge < -0.3 is 10.5 Å². The Bertz CT molecular complexity index is 751. The average Bonchev–Trinajstić information content (AvgIpc) is 2.60. The summed E-state index contributed by atoms with van der Waals surface area (Å²) in [6, 6.07) is 8.14. The van der Waals surface area contributed by atoms with E-state index in [0.29, 0.717) is 6.42 Å². The fraction of sp³-hybridized carbons (Fsp3) is 0.368. The number of aliphatic imine (C=N–C) groups is 1. The van der Waals surface area contributed by atoms with Crippen LogP contribution < -0.4 is 5.73 Å². The summed E-state index contributed by atoms with van der Waals surface area (Å²) < 4.78 is 5.43. The smallest absolute Gasteiger partial charge is 0.231 e. The number of benzene rings is 1. The summed E-state index contributed by atoms with van der Waals surface area (Å²) in [6.45, 7) is 1.95. The summed E-state index contributed by atoms with van der Waals surface area (Å²) in [5.41, 5.74) is 8.47. The van der Waals surface area contributed by atoms with Crippen molar-refractivity contribution in [3.63, 3.8) is 0 Å². The largest absolute Gasteiger partial charge is 0.377 e. The topological polar surface area (TPSA) is 67.9 Å². The molecule has 1 amide bonds. The van der Waals surface area contributed by atoms with Gasteiger partial charge in [0.25, 0.3) is 0 Å². The van der Waals surface area contributed by atoms with E-state index in [0.717, 1.165) is 23.1 Å². The van der Waals surface area contributed by atoms with Gasteiger partial charge in [-0.05, 0) is 42.2 Å². The molecule has 5 nitrogen and oxygen atoms in total. The second kappa shape index (κ2) is 6.24. The molecule has 1 aliphatic heterocycles. The zero-order chi connectivity index (χ0) is 17.3.